The van der Waals surface area contributed by atoms with Crippen molar-refractivity contribution < 1.29 is 28.5 Å². The molecule has 0 aromatic heterocycles. The molecule has 2 fully saturated rings. The number of rotatable bonds is 14. The van der Waals surface area contributed by atoms with E-state index in [2.05, 4.69) is 10.6 Å². The first-order valence-electron chi connectivity index (χ1n) is 16.5. The molecule has 0 radical (unpaired) electrons. The van der Waals surface area contributed by atoms with Gasteiger partial charge >= 0.3 is 0 Å². The van der Waals surface area contributed by atoms with Crippen LogP contribution in [0.25, 0.3) is 0 Å². The van der Waals surface area contributed by atoms with Crippen LogP contribution in [-0.4, -0.2) is 63.8 Å². The number of hydrogen-bond donors (Lipinski definition) is 4. The van der Waals surface area contributed by atoms with Gasteiger partial charge in [-0.3, -0.25) is 0 Å². The van der Waals surface area contributed by atoms with Crippen molar-refractivity contribution >= 4 is 0 Å². The summed E-state index contributed by atoms with van der Waals surface area (Å²) in [6, 6.07) is 10.1. The van der Waals surface area contributed by atoms with Gasteiger partial charge in [-0.25, -0.2) is 8.78 Å². The summed E-state index contributed by atoms with van der Waals surface area (Å²) < 4.78 is 38.0. The number of aliphatic hydroxyl groups is 2. The van der Waals surface area contributed by atoms with Crippen molar-refractivity contribution in [3.8, 4) is 0 Å². The van der Waals surface area contributed by atoms with E-state index in [1.54, 1.807) is 27.2 Å². The summed E-state index contributed by atoms with van der Waals surface area (Å²) in [6.45, 7) is 8.59. The summed E-state index contributed by atoms with van der Waals surface area (Å²) in [6.07, 6.45) is 8.91. The van der Waals surface area contributed by atoms with Gasteiger partial charge in [0.25, 0.3) is 0 Å². The molecule has 0 amide bonds. The van der Waals surface area contributed by atoms with Crippen molar-refractivity contribution in [3.05, 3.63) is 70.3 Å². The van der Waals surface area contributed by atoms with Crippen molar-refractivity contribution in [1.82, 2.24) is 10.6 Å². The predicted molar refractivity (Wildman–Crippen MR) is 173 cm³/mol. The second-order valence-electron chi connectivity index (χ2n) is 12.8. The first kappa shape index (κ1) is 36.5. The van der Waals surface area contributed by atoms with Crippen LogP contribution in [0.3, 0.4) is 0 Å². The number of halogens is 2. The maximum absolute atomic E-state index is 14.0. The molecule has 2 aromatic rings. The largest absolute Gasteiger partial charge is 0.385 e. The molecule has 0 aliphatic carbocycles. The third-order valence-electron chi connectivity index (χ3n) is 9.47. The zero-order valence-electron chi connectivity index (χ0n) is 27.4. The maximum Gasteiger partial charge on any atom is 0.126 e. The Morgan fingerprint density at radius 3 is 1.75 bits per heavy atom. The summed E-state index contributed by atoms with van der Waals surface area (Å²) >= 11 is 0. The molecule has 248 valence electrons. The molecule has 0 saturated carbocycles. The van der Waals surface area contributed by atoms with Crippen molar-refractivity contribution in [2.24, 2.45) is 11.8 Å². The number of piperidine rings is 2. The molecule has 6 nitrogen and oxygen atoms in total. The predicted octanol–water partition coefficient (Wildman–Crippen LogP) is 6.28. The fourth-order valence-corrected chi connectivity index (χ4v) is 6.82. The smallest absolute Gasteiger partial charge is 0.126 e. The van der Waals surface area contributed by atoms with E-state index in [1.807, 2.05) is 19.1 Å². The van der Waals surface area contributed by atoms with Crippen LogP contribution in [0.2, 0.25) is 0 Å². The molecule has 2 aromatic carbocycles. The van der Waals surface area contributed by atoms with Crippen molar-refractivity contribution in [3.63, 3.8) is 0 Å². The van der Waals surface area contributed by atoms with Gasteiger partial charge in [-0.2, -0.15) is 0 Å². The van der Waals surface area contributed by atoms with E-state index in [0.717, 1.165) is 88.7 Å². The molecular formula is C36H56F2N2O4. The molecule has 8 heteroatoms. The van der Waals surface area contributed by atoms with Crippen LogP contribution < -0.4 is 10.6 Å². The van der Waals surface area contributed by atoms with E-state index in [4.69, 9.17) is 9.47 Å². The van der Waals surface area contributed by atoms with E-state index in [-0.39, 0.29) is 23.5 Å². The van der Waals surface area contributed by atoms with Crippen molar-refractivity contribution in [1.29, 1.82) is 0 Å². The van der Waals surface area contributed by atoms with Gasteiger partial charge in [0.1, 0.15) is 11.6 Å². The average Bonchev–Trinajstić information content (AvgIpc) is 3.03. The monoisotopic (exact) mass is 618 g/mol. The molecule has 4 atom stereocenters. The van der Waals surface area contributed by atoms with Crippen LogP contribution in [0.4, 0.5) is 8.78 Å². The summed E-state index contributed by atoms with van der Waals surface area (Å²) in [5.74, 6) is -0.249. The fourth-order valence-electron chi connectivity index (χ4n) is 6.82. The molecule has 0 bridgehead atoms. The van der Waals surface area contributed by atoms with E-state index in [0.29, 0.717) is 37.2 Å². The Kier molecular flexibility index (Phi) is 15.2. The molecular weight excluding hydrogens is 562 g/mol. The molecule has 0 unspecified atom stereocenters. The summed E-state index contributed by atoms with van der Waals surface area (Å²) in [7, 11) is 3.37. The Hall–Kier alpha value is -1.94. The van der Waals surface area contributed by atoms with Gasteiger partial charge in [0.15, 0.2) is 0 Å². The third kappa shape index (κ3) is 10.3. The molecule has 4 N–H and O–H groups in total. The van der Waals surface area contributed by atoms with Gasteiger partial charge in [0, 0.05) is 52.4 Å². The number of hydrogen-bond acceptors (Lipinski definition) is 6. The zero-order valence-corrected chi connectivity index (χ0v) is 27.4. The SMILES string of the molecule is COCCCC[C@@](O)(c1cc(C)cc(F)c1)[C@@H]1CCCNC1.COCCCC[C@@](O)(c1ccc(C)c(F)c1)[C@@H]1CCCNC1. The Morgan fingerprint density at radius 1 is 0.750 bits per heavy atom. The number of unbranched alkanes of at least 4 members (excludes halogenated alkanes) is 2. The number of methoxy groups -OCH3 is 2. The minimum absolute atomic E-state index is 0.130. The second-order valence-corrected chi connectivity index (χ2v) is 12.8. The van der Waals surface area contributed by atoms with Crippen LogP contribution in [0.1, 0.15) is 86.5 Å². The van der Waals surface area contributed by atoms with Crippen LogP contribution in [0, 0.1) is 37.3 Å². The quantitative estimate of drug-likeness (QED) is 0.187. The highest BCUT2D eigenvalue weighted by Crippen LogP contribution is 2.40. The summed E-state index contributed by atoms with van der Waals surface area (Å²) in [4.78, 5) is 0. The Labute approximate surface area is 263 Å². The lowest BCUT2D eigenvalue weighted by atomic mass is 9.74. The lowest BCUT2D eigenvalue weighted by molar-refractivity contribution is -0.0439. The van der Waals surface area contributed by atoms with Gasteiger partial charge in [-0.05, 0) is 132 Å². The molecule has 0 spiro atoms. The Morgan fingerprint density at radius 2 is 1.30 bits per heavy atom. The highest BCUT2D eigenvalue weighted by Gasteiger charge is 2.40. The molecule has 2 aliphatic heterocycles. The van der Waals surface area contributed by atoms with E-state index >= 15 is 0 Å². The lowest BCUT2D eigenvalue weighted by Gasteiger charge is -2.39. The summed E-state index contributed by atoms with van der Waals surface area (Å²) in [5.41, 5.74) is 0.975. The van der Waals surface area contributed by atoms with Gasteiger partial charge < -0.3 is 30.3 Å². The fraction of sp³-hybridized carbons (Fsp3) is 0.667. The normalized spacial score (nSPS) is 21.5. The van der Waals surface area contributed by atoms with E-state index < -0.39 is 11.2 Å². The minimum Gasteiger partial charge on any atom is -0.385 e. The minimum atomic E-state index is -0.964. The third-order valence-corrected chi connectivity index (χ3v) is 9.47. The number of aryl methyl sites for hydroxylation is 2. The van der Waals surface area contributed by atoms with Gasteiger partial charge in [-0.15, -0.1) is 0 Å². The first-order valence-corrected chi connectivity index (χ1v) is 16.5. The number of benzene rings is 2. The van der Waals surface area contributed by atoms with Crippen LogP contribution in [0.15, 0.2) is 36.4 Å². The van der Waals surface area contributed by atoms with Gasteiger partial charge in [0.2, 0.25) is 0 Å². The van der Waals surface area contributed by atoms with Gasteiger partial charge in [-0.1, -0.05) is 18.2 Å². The molecule has 2 heterocycles. The summed E-state index contributed by atoms with van der Waals surface area (Å²) in [5, 5.41) is 29.5. The van der Waals surface area contributed by atoms with Crippen LogP contribution in [0.5, 0.6) is 0 Å². The second kappa shape index (κ2) is 18.3. The first-order chi connectivity index (χ1) is 21.1. The van der Waals surface area contributed by atoms with Gasteiger partial charge in [0.05, 0.1) is 11.2 Å². The Balaban J connectivity index is 0.000000240. The molecule has 4 rings (SSSR count). The standard InChI is InChI=1S/2C18H28FNO2/c1-14-7-8-15(12-17(14)19)18(21,9-3-4-11-22-2)16-6-5-10-20-13-16;1-14-10-16(12-17(19)11-14)18(21,7-3-4-9-22-2)15-6-5-8-20-13-15/h7-8,12,16,20-21H,3-6,9-11,13H2,1-2H3;10-12,15,20-21H,3-9,13H2,1-2H3/t16-,18-;15-,18+/m11/s1. The van der Waals surface area contributed by atoms with Crippen molar-refractivity contribution in [2.45, 2.75) is 89.3 Å². The number of ether oxygens (including phenoxy) is 2. The van der Waals surface area contributed by atoms with Crippen LogP contribution >= 0.6 is 0 Å². The van der Waals surface area contributed by atoms with Crippen LogP contribution in [-0.2, 0) is 20.7 Å². The Bertz CT molecular complexity index is 1100. The molecule has 2 aliphatic rings. The van der Waals surface area contributed by atoms with E-state index in [9.17, 15) is 19.0 Å². The molecule has 2 saturated heterocycles. The molecule has 44 heavy (non-hydrogen) atoms. The highest BCUT2D eigenvalue weighted by molar-refractivity contribution is 5.30. The lowest BCUT2D eigenvalue weighted by Crippen LogP contribution is -2.44. The van der Waals surface area contributed by atoms with Crippen molar-refractivity contribution in [2.75, 3.05) is 53.6 Å². The highest BCUT2D eigenvalue weighted by atomic mass is 19.1. The maximum atomic E-state index is 14.0. The van der Waals surface area contributed by atoms with E-state index in [1.165, 1.54) is 18.2 Å². The zero-order chi connectivity index (χ0) is 32.0. The average molecular weight is 619 g/mol. The topological polar surface area (TPSA) is 83.0 Å². The number of nitrogens with one attached hydrogen (secondary N) is 2.